The first-order valence-corrected chi connectivity index (χ1v) is 7.59. The summed E-state index contributed by atoms with van der Waals surface area (Å²) < 4.78 is 7.42. The van der Waals surface area contributed by atoms with Crippen LogP contribution >= 0.6 is 11.8 Å². The van der Waals surface area contributed by atoms with Crippen molar-refractivity contribution in [2.45, 2.75) is 33.1 Å². The Morgan fingerprint density at radius 3 is 2.79 bits per heavy atom. The van der Waals surface area contributed by atoms with Gasteiger partial charge in [0, 0.05) is 23.5 Å². The van der Waals surface area contributed by atoms with Gasteiger partial charge in [0.25, 0.3) is 0 Å². The molecule has 0 saturated carbocycles. The highest BCUT2D eigenvalue weighted by Gasteiger charge is 2.14. The Balaban J connectivity index is 1.96. The first-order chi connectivity index (χ1) is 9.13. The molecular weight excluding hydrogens is 258 g/mol. The summed E-state index contributed by atoms with van der Waals surface area (Å²) in [6.07, 6.45) is 1.66. The lowest BCUT2D eigenvalue weighted by Gasteiger charge is -2.05. The van der Waals surface area contributed by atoms with Crippen LogP contribution in [0.4, 0.5) is 0 Å². The number of carbonyl (C=O) groups is 1. The molecule has 0 radical (unpaired) electrons. The van der Waals surface area contributed by atoms with Crippen molar-refractivity contribution in [2.24, 2.45) is 0 Å². The van der Waals surface area contributed by atoms with E-state index in [9.17, 15) is 4.79 Å². The predicted molar refractivity (Wildman–Crippen MR) is 78.8 cm³/mol. The molecule has 19 heavy (non-hydrogen) atoms. The molecule has 0 atom stereocenters. The summed E-state index contributed by atoms with van der Waals surface area (Å²) in [5.74, 6) is 2.35. The predicted octanol–water partition coefficient (Wildman–Crippen LogP) is 3.83. The van der Waals surface area contributed by atoms with E-state index in [1.807, 2.05) is 32.0 Å². The van der Waals surface area contributed by atoms with Gasteiger partial charge in [0.05, 0.1) is 17.8 Å². The number of aryl methyl sites for hydroxylation is 1. The molecule has 0 unspecified atom stereocenters. The molecule has 2 rings (SSSR count). The maximum absolute atomic E-state index is 12.2. The zero-order valence-electron chi connectivity index (χ0n) is 11.6. The third-order valence-electron chi connectivity index (χ3n) is 3.25. The molecule has 0 aliphatic carbocycles. The number of hydrogen-bond acceptors (Lipinski definition) is 3. The van der Waals surface area contributed by atoms with Crippen LogP contribution in [0, 0.1) is 13.8 Å². The highest BCUT2D eigenvalue weighted by molar-refractivity contribution is 7.99. The van der Waals surface area contributed by atoms with Crippen molar-refractivity contribution in [2.75, 3.05) is 5.75 Å². The second-order valence-electron chi connectivity index (χ2n) is 4.52. The van der Waals surface area contributed by atoms with Crippen LogP contribution in [0.15, 0.2) is 28.9 Å². The molecule has 0 aliphatic heterocycles. The van der Waals surface area contributed by atoms with Crippen LogP contribution in [0.2, 0.25) is 0 Å². The SMILES string of the molecule is CCn1c(C)cc(C(=O)CSCc2ccco2)c1C. The monoisotopic (exact) mass is 277 g/mol. The molecule has 2 aromatic rings. The van der Waals surface area contributed by atoms with E-state index in [1.54, 1.807) is 18.0 Å². The lowest BCUT2D eigenvalue weighted by atomic mass is 10.2. The van der Waals surface area contributed by atoms with Gasteiger partial charge in [-0.05, 0) is 39.0 Å². The number of rotatable bonds is 6. The number of Topliss-reactive ketones (excluding diaryl/α,β-unsaturated/α-hetero) is 1. The highest BCUT2D eigenvalue weighted by atomic mass is 32.2. The Bertz CT molecular complexity index is 555. The standard InChI is InChI=1S/C15H19NO2S/c1-4-16-11(2)8-14(12(16)3)15(17)10-19-9-13-6-5-7-18-13/h5-8H,4,9-10H2,1-3H3. The molecule has 0 amide bonds. The van der Waals surface area contributed by atoms with Gasteiger partial charge in [-0.2, -0.15) is 0 Å². The molecule has 0 spiro atoms. The van der Waals surface area contributed by atoms with Crippen molar-refractivity contribution in [1.82, 2.24) is 4.57 Å². The highest BCUT2D eigenvalue weighted by Crippen LogP contribution is 2.19. The number of ketones is 1. The van der Waals surface area contributed by atoms with Crippen LogP contribution in [0.25, 0.3) is 0 Å². The van der Waals surface area contributed by atoms with Crippen molar-refractivity contribution in [3.63, 3.8) is 0 Å². The molecule has 2 heterocycles. The summed E-state index contributed by atoms with van der Waals surface area (Å²) in [4.78, 5) is 12.2. The average molecular weight is 277 g/mol. The van der Waals surface area contributed by atoms with Gasteiger partial charge in [-0.3, -0.25) is 4.79 Å². The van der Waals surface area contributed by atoms with Gasteiger partial charge >= 0.3 is 0 Å². The van der Waals surface area contributed by atoms with Gasteiger partial charge in [-0.15, -0.1) is 11.8 Å². The third kappa shape index (κ3) is 3.13. The van der Waals surface area contributed by atoms with Gasteiger partial charge in [-0.1, -0.05) is 0 Å². The smallest absolute Gasteiger partial charge is 0.174 e. The van der Waals surface area contributed by atoms with E-state index in [0.29, 0.717) is 5.75 Å². The van der Waals surface area contributed by atoms with E-state index in [-0.39, 0.29) is 5.78 Å². The third-order valence-corrected chi connectivity index (χ3v) is 4.20. The fourth-order valence-electron chi connectivity index (χ4n) is 2.29. The molecular formula is C15H19NO2S. The van der Waals surface area contributed by atoms with Gasteiger partial charge < -0.3 is 8.98 Å². The Labute approximate surface area is 118 Å². The molecule has 3 nitrogen and oxygen atoms in total. The molecule has 0 N–H and O–H groups in total. The van der Waals surface area contributed by atoms with Crippen LogP contribution in [0.3, 0.4) is 0 Å². The van der Waals surface area contributed by atoms with Crippen molar-refractivity contribution in [3.05, 3.63) is 47.2 Å². The van der Waals surface area contributed by atoms with Crippen LogP contribution < -0.4 is 0 Å². The van der Waals surface area contributed by atoms with Gasteiger partial charge in [0.1, 0.15) is 5.76 Å². The molecule has 0 saturated heterocycles. The van der Waals surface area contributed by atoms with Gasteiger partial charge in [0.2, 0.25) is 0 Å². The minimum Gasteiger partial charge on any atom is -0.468 e. The van der Waals surface area contributed by atoms with Gasteiger partial charge in [0.15, 0.2) is 5.78 Å². The molecule has 0 aromatic carbocycles. The minimum atomic E-state index is 0.198. The summed E-state index contributed by atoms with van der Waals surface area (Å²) in [6.45, 7) is 7.06. The molecule has 0 aliphatic rings. The van der Waals surface area contributed by atoms with E-state index in [4.69, 9.17) is 4.42 Å². The lowest BCUT2D eigenvalue weighted by molar-refractivity contribution is 0.102. The summed E-state index contributed by atoms with van der Waals surface area (Å²) in [6, 6.07) is 5.79. The summed E-state index contributed by atoms with van der Waals surface area (Å²) in [5, 5.41) is 0. The summed E-state index contributed by atoms with van der Waals surface area (Å²) in [5.41, 5.74) is 3.08. The van der Waals surface area contributed by atoms with Crippen molar-refractivity contribution >= 4 is 17.5 Å². The quantitative estimate of drug-likeness (QED) is 0.753. The van der Waals surface area contributed by atoms with Crippen LogP contribution in [-0.4, -0.2) is 16.1 Å². The molecule has 0 bridgehead atoms. The minimum absolute atomic E-state index is 0.198. The lowest BCUT2D eigenvalue weighted by Crippen LogP contribution is -2.06. The van der Waals surface area contributed by atoms with E-state index in [1.165, 1.54) is 0 Å². The maximum Gasteiger partial charge on any atom is 0.174 e. The Kier molecular flexibility index (Phi) is 4.53. The van der Waals surface area contributed by atoms with E-state index in [0.717, 1.165) is 35.0 Å². The largest absolute Gasteiger partial charge is 0.468 e. The van der Waals surface area contributed by atoms with E-state index in [2.05, 4.69) is 11.5 Å². The number of furan rings is 1. The van der Waals surface area contributed by atoms with Crippen molar-refractivity contribution < 1.29 is 9.21 Å². The van der Waals surface area contributed by atoms with Crippen molar-refractivity contribution in [3.8, 4) is 0 Å². The fourth-order valence-corrected chi connectivity index (χ4v) is 3.10. The van der Waals surface area contributed by atoms with E-state index >= 15 is 0 Å². The molecule has 2 aromatic heterocycles. The van der Waals surface area contributed by atoms with Crippen molar-refractivity contribution in [1.29, 1.82) is 0 Å². The molecule has 0 fully saturated rings. The zero-order chi connectivity index (χ0) is 13.8. The van der Waals surface area contributed by atoms with E-state index < -0.39 is 0 Å². The zero-order valence-corrected chi connectivity index (χ0v) is 12.4. The Morgan fingerprint density at radius 1 is 1.42 bits per heavy atom. The maximum atomic E-state index is 12.2. The normalized spacial score (nSPS) is 10.9. The van der Waals surface area contributed by atoms with Crippen LogP contribution in [0.1, 0.15) is 34.4 Å². The summed E-state index contributed by atoms with van der Waals surface area (Å²) >= 11 is 1.59. The van der Waals surface area contributed by atoms with Crippen LogP contribution in [-0.2, 0) is 12.3 Å². The molecule has 4 heteroatoms. The first-order valence-electron chi connectivity index (χ1n) is 6.43. The Morgan fingerprint density at radius 2 is 2.21 bits per heavy atom. The number of aromatic nitrogens is 1. The number of carbonyl (C=O) groups excluding carboxylic acids is 1. The van der Waals surface area contributed by atoms with Gasteiger partial charge in [-0.25, -0.2) is 0 Å². The second kappa shape index (κ2) is 6.15. The topological polar surface area (TPSA) is 35.1 Å². The number of thioether (sulfide) groups is 1. The average Bonchev–Trinajstić information content (AvgIpc) is 2.98. The Hall–Kier alpha value is -1.42. The fraction of sp³-hybridized carbons (Fsp3) is 0.400. The van der Waals surface area contributed by atoms with Crippen LogP contribution in [0.5, 0.6) is 0 Å². The first kappa shape index (κ1) is 14.0. The molecule has 102 valence electrons. The second-order valence-corrected chi connectivity index (χ2v) is 5.51. The summed E-state index contributed by atoms with van der Waals surface area (Å²) in [7, 11) is 0. The number of nitrogens with zero attached hydrogens (tertiary/aromatic N) is 1. The number of hydrogen-bond donors (Lipinski definition) is 0.